The Morgan fingerprint density at radius 1 is 1.15 bits per heavy atom. The number of ether oxygens (including phenoxy) is 1. The summed E-state index contributed by atoms with van der Waals surface area (Å²) < 4.78 is 6.06. The summed E-state index contributed by atoms with van der Waals surface area (Å²) in [6.07, 6.45) is 3.21. The smallest absolute Gasteiger partial charge is 0.251 e. The van der Waals surface area contributed by atoms with Crippen LogP contribution in [0.2, 0.25) is 5.02 Å². The van der Waals surface area contributed by atoms with Gasteiger partial charge in [0.05, 0.1) is 11.6 Å². The van der Waals surface area contributed by atoms with Crippen molar-refractivity contribution in [2.45, 2.75) is 0 Å². The van der Waals surface area contributed by atoms with Gasteiger partial charge < -0.3 is 20.3 Å². The van der Waals surface area contributed by atoms with E-state index in [0.717, 1.165) is 35.4 Å². The van der Waals surface area contributed by atoms with Crippen LogP contribution >= 0.6 is 11.6 Å². The van der Waals surface area contributed by atoms with Gasteiger partial charge in [0.15, 0.2) is 0 Å². The number of aromatic nitrogens is 4. The molecule has 0 aliphatic carbocycles. The van der Waals surface area contributed by atoms with E-state index in [9.17, 15) is 4.79 Å². The van der Waals surface area contributed by atoms with Gasteiger partial charge in [0.2, 0.25) is 11.9 Å². The molecule has 0 atom stereocenters. The summed E-state index contributed by atoms with van der Waals surface area (Å²) in [5.41, 5.74) is 2.04. The number of anilines is 3. The summed E-state index contributed by atoms with van der Waals surface area (Å²) in [5, 5.41) is 7.28. The van der Waals surface area contributed by atoms with Gasteiger partial charge in [0, 0.05) is 48.9 Å². The summed E-state index contributed by atoms with van der Waals surface area (Å²) in [6.45, 7) is 2.11. The second kappa shape index (κ2) is 9.48. The fourth-order valence-corrected chi connectivity index (χ4v) is 4.00. The average Bonchev–Trinajstić information content (AvgIpc) is 2.84. The maximum Gasteiger partial charge on any atom is 0.251 e. The highest BCUT2D eigenvalue weighted by Gasteiger charge is 2.30. The molecule has 2 aromatic carbocycles. The third-order valence-corrected chi connectivity index (χ3v) is 5.89. The summed E-state index contributed by atoms with van der Waals surface area (Å²) >= 11 is 6.27. The molecular formula is C24H22ClN7O2. The van der Waals surface area contributed by atoms with E-state index in [1.165, 1.54) is 6.33 Å². The zero-order chi connectivity index (χ0) is 23.5. The fraction of sp³-hybridized carbons (Fsp3) is 0.208. The lowest BCUT2D eigenvalue weighted by Crippen LogP contribution is -2.50. The quantitative estimate of drug-likeness (QED) is 0.417. The predicted octanol–water partition coefficient (Wildman–Crippen LogP) is 3.69. The Kier molecular flexibility index (Phi) is 6.09. The van der Waals surface area contributed by atoms with E-state index in [0.29, 0.717) is 35.0 Å². The number of carbonyl (C=O) groups is 1. The van der Waals surface area contributed by atoms with E-state index in [1.54, 1.807) is 31.4 Å². The standard InChI is InChI=1S/C24H22ClN7O2/c1-26-22(33)16-4-2-5-17(10-16)30-23-28-14-29-24(31-23)32-11-15(12-32)13-34-20-8-7-19(25)18-6-3-9-27-21(18)20/h2-10,14-15H,11-13H2,1H3,(H,26,33)(H,28,29,30,31). The first kappa shape index (κ1) is 21.8. The van der Waals surface area contributed by atoms with Gasteiger partial charge in [-0.05, 0) is 42.5 Å². The van der Waals surface area contributed by atoms with E-state index in [2.05, 4.69) is 35.5 Å². The van der Waals surface area contributed by atoms with Crippen molar-refractivity contribution in [3.05, 3.63) is 71.6 Å². The molecule has 3 heterocycles. The zero-order valence-corrected chi connectivity index (χ0v) is 19.2. The number of benzene rings is 2. The number of halogens is 1. The minimum absolute atomic E-state index is 0.156. The van der Waals surface area contributed by atoms with Crippen LogP contribution in [0.3, 0.4) is 0 Å². The Balaban J connectivity index is 1.19. The summed E-state index contributed by atoms with van der Waals surface area (Å²) in [4.78, 5) is 31.4. The highest BCUT2D eigenvalue weighted by molar-refractivity contribution is 6.35. The van der Waals surface area contributed by atoms with E-state index < -0.39 is 0 Å². The van der Waals surface area contributed by atoms with Gasteiger partial charge in [-0.2, -0.15) is 4.98 Å². The van der Waals surface area contributed by atoms with E-state index in [1.807, 2.05) is 30.3 Å². The normalized spacial score (nSPS) is 13.4. The number of hydrogen-bond donors (Lipinski definition) is 2. The Labute approximate surface area is 201 Å². The molecule has 0 spiro atoms. The van der Waals surface area contributed by atoms with Crippen LogP contribution in [0.5, 0.6) is 5.75 Å². The summed E-state index contributed by atoms with van der Waals surface area (Å²) in [6, 6.07) is 14.6. The maximum atomic E-state index is 11.9. The summed E-state index contributed by atoms with van der Waals surface area (Å²) in [5.74, 6) is 1.92. The van der Waals surface area contributed by atoms with Gasteiger partial charge in [-0.1, -0.05) is 17.7 Å². The molecule has 1 fully saturated rings. The molecule has 1 saturated heterocycles. The molecule has 0 radical (unpaired) electrons. The summed E-state index contributed by atoms with van der Waals surface area (Å²) in [7, 11) is 1.60. The topological polar surface area (TPSA) is 105 Å². The number of fused-ring (bicyclic) bond motifs is 1. The molecule has 34 heavy (non-hydrogen) atoms. The van der Waals surface area contributed by atoms with E-state index >= 15 is 0 Å². The Bertz CT molecular complexity index is 1340. The highest BCUT2D eigenvalue weighted by Crippen LogP contribution is 2.31. The molecule has 5 rings (SSSR count). The molecule has 2 aromatic heterocycles. The highest BCUT2D eigenvalue weighted by atomic mass is 35.5. The van der Waals surface area contributed by atoms with Crippen LogP contribution < -0.4 is 20.3 Å². The van der Waals surface area contributed by atoms with Crippen molar-refractivity contribution in [3.63, 3.8) is 0 Å². The van der Waals surface area contributed by atoms with Crippen molar-refractivity contribution in [3.8, 4) is 5.75 Å². The number of nitrogens with one attached hydrogen (secondary N) is 2. The lowest BCUT2D eigenvalue weighted by Gasteiger charge is -2.38. The number of rotatable bonds is 7. The number of pyridine rings is 1. The van der Waals surface area contributed by atoms with Crippen molar-refractivity contribution in [2.75, 3.05) is 37.0 Å². The van der Waals surface area contributed by atoms with Gasteiger partial charge in [-0.15, -0.1) is 0 Å². The van der Waals surface area contributed by atoms with Crippen molar-refractivity contribution in [1.82, 2.24) is 25.3 Å². The molecule has 0 saturated carbocycles. The van der Waals surface area contributed by atoms with Gasteiger partial charge in [0.25, 0.3) is 5.91 Å². The van der Waals surface area contributed by atoms with Crippen molar-refractivity contribution >= 4 is 46.0 Å². The van der Waals surface area contributed by atoms with Crippen LogP contribution in [-0.4, -0.2) is 52.6 Å². The first-order valence-corrected chi connectivity index (χ1v) is 11.2. The molecule has 1 aliphatic rings. The van der Waals surface area contributed by atoms with Crippen LogP contribution in [-0.2, 0) is 0 Å². The largest absolute Gasteiger partial charge is 0.491 e. The van der Waals surface area contributed by atoms with Gasteiger partial charge in [-0.25, -0.2) is 9.97 Å². The minimum atomic E-state index is -0.156. The van der Waals surface area contributed by atoms with E-state index in [4.69, 9.17) is 16.3 Å². The van der Waals surface area contributed by atoms with Crippen molar-refractivity contribution in [1.29, 1.82) is 0 Å². The van der Waals surface area contributed by atoms with Crippen molar-refractivity contribution < 1.29 is 9.53 Å². The molecule has 1 amide bonds. The SMILES string of the molecule is CNC(=O)c1cccc(Nc2ncnc(N3CC(COc4ccc(Cl)c5cccnc45)C3)n2)c1. The first-order chi connectivity index (χ1) is 16.6. The number of nitrogens with zero attached hydrogens (tertiary/aromatic N) is 5. The third-order valence-electron chi connectivity index (χ3n) is 5.56. The van der Waals surface area contributed by atoms with Crippen LogP contribution in [0.25, 0.3) is 10.9 Å². The van der Waals surface area contributed by atoms with Gasteiger partial charge in [-0.3, -0.25) is 9.78 Å². The number of amides is 1. The molecule has 9 nitrogen and oxygen atoms in total. The van der Waals surface area contributed by atoms with Crippen molar-refractivity contribution in [2.24, 2.45) is 5.92 Å². The Morgan fingerprint density at radius 2 is 2.03 bits per heavy atom. The van der Waals surface area contributed by atoms with Gasteiger partial charge >= 0.3 is 0 Å². The molecule has 1 aliphatic heterocycles. The number of carbonyl (C=O) groups excluding carboxylic acids is 1. The second-order valence-electron chi connectivity index (χ2n) is 7.92. The number of hydrogen-bond acceptors (Lipinski definition) is 8. The lowest BCUT2D eigenvalue weighted by atomic mass is 10.0. The first-order valence-electron chi connectivity index (χ1n) is 10.8. The minimum Gasteiger partial charge on any atom is -0.491 e. The third kappa shape index (κ3) is 4.55. The zero-order valence-electron chi connectivity index (χ0n) is 18.4. The van der Waals surface area contributed by atoms with Crippen LogP contribution in [0.1, 0.15) is 10.4 Å². The average molecular weight is 476 g/mol. The fourth-order valence-electron chi connectivity index (χ4n) is 3.79. The van der Waals surface area contributed by atoms with Gasteiger partial charge in [0.1, 0.15) is 17.6 Å². The lowest BCUT2D eigenvalue weighted by molar-refractivity contribution is 0.0963. The molecule has 2 N–H and O–H groups in total. The molecule has 0 bridgehead atoms. The monoisotopic (exact) mass is 475 g/mol. The Morgan fingerprint density at radius 3 is 2.88 bits per heavy atom. The molecule has 0 unspecified atom stereocenters. The van der Waals surface area contributed by atoms with Crippen LogP contribution in [0.4, 0.5) is 17.6 Å². The molecular weight excluding hydrogens is 454 g/mol. The predicted molar refractivity (Wildman–Crippen MR) is 131 cm³/mol. The molecule has 172 valence electrons. The van der Waals surface area contributed by atoms with Crippen LogP contribution in [0.15, 0.2) is 61.1 Å². The maximum absolute atomic E-state index is 11.9. The Hall–Kier alpha value is -3.98. The van der Waals surface area contributed by atoms with Crippen LogP contribution in [0, 0.1) is 5.92 Å². The molecule has 4 aromatic rings. The van der Waals surface area contributed by atoms with E-state index in [-0.39, 0.29) is 5.91 Å². The second-order valence-corrected chi connectivity index (χ2v) is 8.33. The molecule has 10 heteroatoms.